The van der Waals surface area contributed by atoms with Crippen LogP contribution in [0.5, 0.6) is 0 Å². The van der Waals surface area contributed by atoms with Crippen LogP contribution in [0.25, 0.3) is 0 Å². The van der Waals surface area contributed by atoms with Crippen LogP contribution >= 0.6 is 24.8 Å². The van der Waals surface area contributed by atoms with Gasteiger partial charge in [-0.05, 0) is 19.1 Å². The molecule has 1 fully saturated rings. The second kappa shape index (κ2) is 6.94. The topological polar surface area (TPSA) is 15.3 Å². The first kappa shape index (κ1) is 14.6. The molecule has 1 heterocycles. The van der Waals surface area contributed by atoms with Crippen molar-refractivity contribution in [1.29, 1.82) is 0 Å². The summed E-state index contributed by atoms with van der Waals surface area (Å²) in [6.07, 6.45) is 0. The highest BCUT2D eigenvalue weighted by molar-refractivity contribution is 5.85. The van der Waals surface area contributed by atoms with Gasteiger partial charge in [0.1, 0.15) is 0 Å². The fourth-order valence-corrected chi connectivity index (χ4v) is 1.84. The molecule has 1 atom stereocenters. The van der Waals surface area contributed by atoms with Crippen molar-refractivity contribution < 1.29 is 0 Å². The highest BCUT2D eigenvalue weighted by Crippen LogP contribution is 2.16. The van der Waals surface area contributed by atoms with Gasteiger partial charge in [-0.2, -0.15) is 0 Å². The van der Waals surface area contributed by atoms with Crippen molar-refractivity contribution >= 4 is 30.5 Å². The molecule has 4 heteroatoms. The molecule has 0 spiro atoms. The Balaban J connectivity index is 0.000000980. The van der Waals surface area contributed by atoms with E-state index in [9.17, 15) is 0 Å². The van der Waals surface area contributed by atoms with Crippen LogP contribution in [0.15, 0.2) is 30.3 Å². The predicted octanol–water partition coefficient (Wildman–Crippen LogP) is 2.33. The first-order valence-corrected chi connectivity index (χ1v) is 4.90. The highest BCUT2D eigenvalue weighted by Gasteiger charge is 2.17. The first-order chi connectivity index (χ1) is 6.38. The molecule has 86 valence electrons. The van der Waals surface area contributed by atoms with Crippen LogP contribution < -0.4 is 10.2 Å². The molecule has 15 heavy (non-hydrogen) atoms. The van der Waals surface area contributed by atoms with Crippen LogP contribution in [0.4, 0.5) is 5.69 Å². The van der Waals surface area contributed by atoms with Crippen molar-refractivity contribution in [2.45, 2.75) is 13.0 Å². The Kier molecular flexibility index (Phi) is 6.73. The van der Waals surface area contributed by atoms with E-state index in [0.717, 1.165) is 19.6 Å². The third kappa shape index (κ3) is 3.56. The lowest BCUT2D eigenvalue weighted by Gasteiger charge is -2.35. The molecular formula is C11H18Cl2N2. The van der Waals surface area contributed by atoms with E-state index >= 15 is 0 Å². The number of hydrogen-bond acceptors (Lipinski definition) is 2. The number of hydrogen-bond donors (Lipinski definition) is 1. The molecule has 2 nitrogen and oxygen atoms in total. The Labute approximate surface area is 104 Å². The summed E-state index contributed by atoms with van der Waals surface area (Å²) in [4.78, 5) is 2.45. The fourth-order valence-electron chi connectivity index (χ4n) is 1.84. The minimum atomic E-state index is 0. The molecule has 1 aliphatic heterocycles. The Hall–Kier alpha value is -0.440. The van der Waals surface area contributed by atoms with Gasteiger partial charge in [0.15, 0.2) is 0 Å². The lowest BCUT2D eigenvalue weighted by Crippen LogP contribution is -2.49. The molecule has 0 bridgehead atoms. The van der Waals surface area contributed by atoms with Crippen LogP contribution in [0.2, 0.25) is 0 Å². The molecule has 1 aromatic rings. The summed E-state index contributed by atoms with van der Waals surface area (Å²) in [6, 6.07) is 11.2. The Morgan fingerprint density at radius 3 is 2.47 bits per heavy atom. The number of rotatable bonds is 1. The van der Waals surface area contributed by atoms with E-state index in [0.29, 0.717) is 6.04 Å². The number of benzene rings is 1. The molecule has 0 aliphatic carbocycles. The number of anilines is 1. The predicted molar refractivity (Wildman–Crippen MR) is 70.6 cm³/mol. The van der Waals surface area contributed by atoms with Gasteiger partial charge in [0.2, 0.25) is 0 Å². The van der Waals surface area contributed by atoms with Crippen molar-refractivity contribution in [1.82, 2.24) is 5.32 Å². The van der Waals surface area contributed by atoms with Gasteiger partial charge in [0.05, 0.1) is 0 Å². The van der Waals surface area contributed by atoms with Gasteiger partial charge in [-0.25, -0.2) is 0 Å². The summed E-state index contributed by atoms with van der Waals surface area (Å²) in [6.45, 7) is 5.57. The third-order valence-electron chi connectivity index (χ3n) is 2.59. The SMILES string of the molecule is CC1CNCCN1c1ccccc1.Cl.Cl. The zero-order valence-electron chi connectivity index (χ0n) is 8.85. The zero-order chi connectivity index (χ0) is 9.10. The largest absolute Gasteiger partial charge is 0.366 e. The fraction of sp³-hybridized carbons (Fsp3) is 0.455. The number of nitrogens with zero attached hydrogens (tertiary/aromatic N) is 1. The summed E-state index contributed by atoms with van der Waals surface area (Å²) >= 11 is 0. The summed E-state index contributed by atoms with van der Waals surface area (Å²) < 4.78 is 0. The molecular weight excluding hydrogens is 231 g/mol. The quantitative estimate of drug-likeness (QED) is 0.821. The smallest absolute Gasteiger partial charge is 0.0386 e. The van der Waals surface area contributed by atoms with E-state index in [1.54, 1.807) is 0 Å². The van der Waals surface area contributed by atoms with Gasteiger partial charge in [0.25, 0.3) is 0 Å². The minimum absolute atomic E-state index is 0. The second-order valence-electron chi connectivity index (χ2n) is 3.58. The normalized spacial score (nSPS) is 20.1. The van der Waals surface area contributed by atoms with Crippen molar-refractivity contribution in [3.8, 4) is 0 Å². The number of halogens is 2. The van der Waals surface area contributed by atoms with Crippen molar-refractivity contribution in [3.63, 3.8) is 0 Å². The Bertz CT molecular complexity index is 267. The van der Waals surface area contributed by atoms with Gasteiger partial charge >= 0.3 is 0 Å². The Morgan fingerprint density at radius 1 is 1.20 bits per heavy atom. The van der Waals surface area contributed by atoms with Gasteiger partial charge in [-0.15, -0.1) is 24.8 Å². The van der Waals surface area contributed by atoms with Gasteiger partial charge in [-0.3, -0.25) is 0 Å². The van der Waals surface area contributed by atoms with Crippen LogP contribution in [0.3, 0.4) is 0 Å². The van der Waals surface area contributed by atoms with Crippen LogP contribution in [0.1, 0.15) is 6.92 Å². The van der Waals surface area contributed by atoms with E-state index in [1.807, 2.05) is 0 Å². The first-order valence-electron chi connectivity index (χ1n) is 4.90. The van der Waals surface area contributed by atoms with Crippen LogP contribution in [-0.4, -0.2) is 25.7 Å². The number of nitrogens with one attached hydrogen (secondary N) is 1. The molecule has 2 rings (SSSR count). The summed E-state index contributed by atoms with van der Waals surface area (Å²) in [5.74, 6) is 0. The van der Waals surface area contributed by atoms with E-state index in [4.69, 9.17) is 0 Å². The van der Waals surface area contributed by atoms with Gasteiger partial charge in [-0.1, -0.05) is 18.2 Å². The number of para-hydroxylation sites is 1. The van der Waals surface area contributed by atoms with Crippen molar-refractivity contribution in [2.75, 3.05) is 24.5 Å². The molecule has 0 radical (unpaired) electrons. The third-order valence-corrected chi connectivity index (χ3v) is 2.59. The second-order valence-corrected chi connectivity index (χ2v) is 3.58. The molecule has 1 aromatic carbocycles. The van der Waals surface area contributed by atoms with E-state index in [2.05, 4.69) is 47.5 Å². The zero-order valence-corrected chi connectivity index (χ0v) is 10.5. The summed E-state index contributed by atoms with van der Waals surface area (Å²) in [7, 11) is 0. The van der Waals surface area contributed by atoms with Crippen molar-refractivity contribution in [2.24, 2.45) is 0 Å². The standard InChI is InChI=1S/C11H16N2.2ClH/c1-10-9-12-7-8-13(10)11-5-3-2-4-6-11;;/h2-6,10,12H,7-9H2,1H3;2*1H. The van der Waals surface area contributed by atoms with E-state index in [1.165, 1.54) is 5.69 Å². The Morgan fingerprint density at radius 2 is 1.87 bits per heavy atom. The lowest BCUT2D eigenvalue weighted by atomic mass is 10.2. The van der Waals surface area contributed by atoms with Crippen LogP contribution in [-0.2, 0) is 0 Å². The molecule has 1 saturated heterocycles. The summed E-state index contributed by atoms with van der Waals surface area (Å²) in [5.41, 5.74) is 1.34. The molecule has 0 aromatic heterocycles. The maximum atomic E-state index is 3.39. The highest BCUT2D eigenvalue weighted by atomic mass is 35.5. The molecule has 1 aliphatic rings. The lowest BCUT2D eigenvalue weighted by molar-refractivity contribution is 0.501. The van der Waals surface area contributed by atoms with E-state index in [-0.39, 0.29) is 24.8 Å². The molecule has 1 unspecified atom stereocenters. The number of piperazine rings is 1. The summed E-state index contributed by atoms with van der Waals surface area (Å²) in [5, 5.41) is 3.39. The molecule has 0 saturated carbocycles. The molecule has 0 amide bonds. The van der Waals surface area contributed by atoms with Gasteiger partial charge in [0, 0.05) is 31.4 Å². The monoisotopic (exact) mass is 248 g/mol. The average molecular weight is 249 g/mol. The minimum Gasteiger partial charge on any atom is -0.366 e. The van der Waals surface area contributed by atoms with Gasteiger partial charge < -0.3 is 10.2 Å². The van der Waals surface area contributed by atoms with Crippen LogP contribution in [0, 0.1) is 0 Å². The molecule has 1 N–H and O–H groups in total. The maximum absolute atomic E-state index is 3.39. The average Bonchev–Trinajstić information content (AvgIpc) is 2.20. The maximum Gasteiger partial charge on any atom is 0.0386 e. The van der Waals surface area contributed by atoms with Crippen molar-refractivity contribution in [3.05, 3.63) is 30.3 Å². The van der Waals surface area contributed by atoms with E-state index < -0.39 is 0 Å².